The molecule has 1 saturated heterocycles. The molecule has 0 spiro atoms. The molecule has 24 heavy (non-hydrogen) atoms. The normalized spacial score (nSPS) is 17.2. The van der Waals surface area contributed by atoms with E-state index in [0.29, 0.717) is 18.7 Å². The molecule has 1 atom stereocenters. The second kappa shape index (κ2) is 6.80. The number of hydrogen-bond acceptors (Lipinski definition) is 4. The number of benzene rings is 2. The fourth-order valence-corrected chi connectivity index (χ4v) is 2.82. The molecule has 1 amide bonds. The monoisotopic (exact) mass is 326 g/mol. The van der Waals surface area contributed by atoms with Crippen LogP contribution in [0.25, 0.3) is 0 Å². The first kappa shape index (κ1) is 16.1. The van der Waals surface area contributed by atoms with Crippen LogP contribution in [0.15, 0.2) is 36.4 Å². The minimum atomic E-state index is -0.405. The van der Waals surface area contributed by atoms with E-state index in [0.717, 1.165) is 22.5 Å². The van der Waals surface area contributed by atoms with Crippen LogP contribution in [0.3, 0.4) is 0 Å². The van der Waals surface area contributed by atoms with Crippen molar-refractivity contribution in [2.75, 3.05) is 18.4 Å². The van der Waals surface area contributed by atoms with Crippen LogP contribution in [0.4, 0.5) is 15.8 Å². The first-order valence-electron chi connectivity index (χ1n) is 7.77. The highest BCUT2D eigenvalue weighted by Gasteiger charge is 2.25. The highest BCUT2D eigenvalue weighted by atomic mass is 19.1. The van der Waals surface area contributed by atoms with E-state index in [-0.39, 0.29) is 11.7 Å². The molecular weight excluding hydrogens is 307 g/mol. The summed E-state index contributed by atoms with van der Waals surface area (Å²) in [6.07, 6.45) is 1.25. The minimum Gasteiger partial charge on any atom is -0.355 e. The van der Waals surface area contributed by atoms with Gasteiger partial charge in [0.15, 0.2) is 0 Å². The van der Waals surface area contributed by atoms with Crippen LogP contribution in [0, 0.1) is 18.2 Å². The first-order chi connectivity index (χ1) is 11.6. The zero-order valence-corrected chi connectivity index (χ0v) is 13.3. The number of hydrogen-bond donors (Lipinski definition) is 4. The number of carbonyl (C=O) groups excluding carboxylic acids is 1. The molecule has 1 heterocycles. The highest BCUT2D eigenvalue weighted by molar-refractivity contribution is 5.90. The second-order valence-electron chi connectivity index (χ2n) is 5.75. The van der Waals surface area contributed by atoms with Crippen molar-refractivity contribution in [2.24, 2.45) is 0 Å². The Morgan fingerprint density at radius 3 is 2.67 bits per heavy atom. The lowest BCUT2D eigenvalue weighted by molar-refractivity contribution is -0.124. The summed E-state index contributed by atoms with van der Waals surface area (Å²) < 4.78 is 13.0. The second-order valence-corrected chi connectivity index (χ2v) is 5.75. The number of rotatable bonds is 4. The Morgan fingerprint density at radius 1 is 1.25 bits per heavy atom. The average Bonchev–Trinajstić information content (AvgIpc) is 2.58. The van der Waals surface area contributed by atoms with Crippen LogP contribution in [0.2, 0.25) is 0 Å². The van der Waals surface area contributed by atoms with E-state index in [1.807, 2.05) is 19.1 Å². The summed E-state index contributed by atoms with van der Waals surface area (Å²) in [6.45, 7) is 3.27. The van der Waals surface area contributed by atoms with Gasteiger partial charge in [-0.1, -0.05) is 0 Å². The van der Waals surface area contributed by atoms with Gasteiger partial charge in [-0.2, -0.15) is 0 Å². The Hall–Kier alpha value is -2.73. The maximum Gasteiger partial charge on any atom is 0.241 e. The predicted octanol–water partition coefficient (Wildman–Crippen LogP) is 2.64. The summed E-state index contributed by atoms with van der Waals surface area (Å²) in [5.74, 6) is -0.353. The largest absolute Gasteiger partial charge is 0.355 e. The maximum absolute atomic E-state index is 13.0. The molecule has 1 unspecified atom stereocenters. The van der Waals surface area contributed by atoms with Crippen molar-refractivity contribution in [1.82, 2.24) is 10.6 Å². The van der Waals surface area contributed by atoms with Crippen molar-refractivity contribution in [3.8, 4) is 0 Å². The maximum atomic E-state index is 13.0. The molecule has 1 aliphatic rings. The van der Waals surface area contributed by atoms with Gasteiger partial charge >= 0.3 is 0 Å². The summed E-state index contributed by atoms with van der Waals surface area (Å²) in [4.78, 5) is 12.1. The Morgan fingerprint density at radius 2 is 2.00 bits per heavy atom. The fourth-order valence-electron chi connectivity index (χ4n) is 2.82. The topological polar surface area (TPSA) is 77.0 Å². The van der Waals surface area contributed by atoms with Crippen LogP contribution in [0.1, 0.15) is 22.7 Å². The summed E-state index contributed by atoms with van der Waals surface area (Å²) >= 11 is 0. The van der Waals surface area contributed by atoms with E-state index in [1.54, 1.807) is 12.1 Å². The van der Waals surface area contributed by atoms with Crippen molar-refractivity contribution < 1.29 is 9.18 Å². The molecule has 1 fully saturated rings. The van der Waals surface area contributed by atoms with Gasteiger partial charge in [0.05, 0.1) is 0 Å². The molecule has 1 aliphatic heterocycles. The Kier molecular flexibility index (Phi) is 4.57. The third kappa shape index (κ3) is 3.28. The molecular formula is C18H19FN4O. The number of halogens is 1. The van der Waals surface area contributed by atoms with Crippen molar-refractivity contribution in [3.63, 3.8) is 0 Å². The Bertz CT molecular complexity index is 773. The smallest absolute Gasteiger partial charge is 0.241 e. The zero-order chi connectivity index (χ0) is 17.1. The van der Waals surface area contributed by atoms with E-state index in [4.69, 9.17) is 5.41 Å². The Labute approximate surface area is 139 Å². The molecule has 3 rings (SSSR count). The van der Waals surface area contributed by atoms with E-state index >= 15 is 0 Å². The van der Waals surface area contributed by atoms with Gasteiger partial charge in [-0.25, -0.2) is 4.39 Å². The van der Waals surface area contributed by atoms with Crippen molar-refractivity contribution in [2.45, 2.75) is 13.0 Å². The van der Waals surface area contributed by atoms with Crippen LogP contribution < -0.4 is 16.0 Å². The van der Waals surface area contributed by atoms with Crippen LogP contribution in [-0.4, -0.2) is 25.2 Å². The SMILES string of the molecule is Cc1cc(Nc2ccc(F)cc2)c(C=N)cc1C1NCCNC1=O. The average molecular weight is 326 g/mol. The molecule has 124 valence electrons. The number of amides is 1. The fraction of sp³-hybridized carbons (Fsp3) is 0.222. The van der Waals surface area contributed by atoms with Gasteiger partial charge in [-0.05, 0) is 54.4 Å². The van der Waals surface area contributed by atoms with Gasteiger partial charge in [0, 0.05) is 36.2 Å². The lowest BCUT2D eigenvalue weighted by Gasteiger charge is -2.26. The summed E-state index contributed by atoms with van der Waals surface area (Å²) in [5.41, 5.74) is 3.95. The number of piperazine rings is 1. The lowest BCUT2D eigenvalue weighted by Crippen LogP contribution is -2.47. The molecule has 0 aromatic heterocycles. The lowest BCUT2D eigenvalue weighted by atomic mass is 9.95. The van der Waals surface area contributed by atoms with E-state index < -0.39 is 6.04 Å². The van der Waals surface area contributed by atoms with E-state index in [1.165, 1.54) is 18.3 Å². The summed E-state index contributed by atoms with van der Waals surface area (Å²) in [6, 6.07) is 9.38. The molecule has 0 radical (unpaired) electrons. The quantitative estimate of drug-likeness (QED) is 0.652. The van der Waals surface area contributed by atoms with Crippen LogP contribution in [0.5, 0.6) is 0 Å². The van der Waals surface area contributed by atoms with Crippen LogP contribution in [-0.2, 0) is 4.79 Å². The van der Waals surface area contributed by atoms with Gasteiger partial charge in [-0.15, -0.1) is 0 Å². The van der Waals surface area contributed by atoms with Crippen LogP contribution >= 0.6 is 0 Å². The molecule has 2 aromatic rings. The number of aryl methyl sites for hydroxylation is 1. The summed E-state index contributed by atoms with van der Waals surface area (Å²) in [5, 5.41) is 16.9. The minimum absolute atomic E-state index is 0.0560. The molecule has 2 aromatic carbocycles. The molecule has 4 N–H and O–H groups in total. The number of anilines is 2. The van der Waals surface area contributed by atoms with Gasteiger partial charge < -0.3 is 21.4 Å². The number of nitrogens with one attached hydrogen (secondary N) is 4. The van der Waals surface area contributed by atoms with Gasteiger partial charge in [0.1, 0.15) is 11.9 Å². The van der Waals surface area contributed by atoms with Crippen molar-refractivity contribution >= 4 is 23.5 Å². The van der Waals surface area contributed by atoms with E-state index in [9.17, 15) is 9.18 Å². The van der Waals surface area contributed by atoms with Gasteiger partial charge in [0.25, 0.3) is 0 Å². The molecule has 0 aliphatic carbocycles. The predicted molar refractivity (Wildman–Crippen MR) is 92.5 cm³/mol. The van der Waals surface area contributed by atoms with Gasteiger partial charge in [0.2, 0.25) is 5.91 Å². The molecule has 0 saturated carbocycles. The third-order valence-electron chi connectivity index (χ3n) is 4.06. The Balaban J connectivity index is 1.93. The van der Waals surface area contributed by atoms with Crippen molar-refractivity contribution in [3.05, 3.63) is 58.9 Å². The molecule has 0 bridgehead atoms. The highest BCUT2D eigenvalue weighted by Crippen LogP contribution is 2.28. The number of carbonyl (C=O) groups is 1. The van der Waals surface area contributed by atoms with Crippen molar-refractivity contribution in [1.29, 1.82) is 5.41 Å². The van der Waals surface area contributed by atoms with Gasteiger partial charge in [-0.3, -0.25) is 4.79 Å². The summed E-state index contributed by atoms with van der Waals surface area (Å²) in [7, 11) is 0. The molecule has 5 nitrogen and oxygen atoms in total. The third-order valence-corrected chi connectivity index (χ3v) is 4.06. The van der Waals surface area contributed by atoms with E-state index in [2.05, 4.69) is 16.0 Å². The zero-order valence-electron chi connectivity index (χ0n) is 13.3. The first-order valence-corrected chi connectivity index (χ1v) is 7.77. The standard InChI is InChI=1S/C18H19FN4O/c1-11-8-16(23-14-4-2-13(19)3-5-14)12(10-20)9-15(11)17-18(24)22-7-6-21-17/h2-5,8-10,17,20-21,23H,6-7H2,1H3,(H,22,24). The molecule has 6 heteroatoms.